The zero-order chi connectivity index (χ0) is 11.5. The molecule has 5 heteroatoms. The van der Waals surface area contributed by atoms with E-state index in [4.69, 9.17) is 5.73 Å². The van der Waals surface area contributed by atoms with E-state index in [-0.39, 0.29) is 12.1 Å². The highest BCUT2D eigenvalue weighted by Crippen LogP contribution is 2.23. The van der Waals surface area contributed by atoms with Gasteiger partial charge in [0, 0.05) is 19.1 Å². The van der Waals surface area contributed by atoms with Crippen LogP contribution in [0.3, 0.4) is 0 Å². The van der Waals surface area contributed by atoms with Gasteiger partial charge < -0.3 is 10.6 Å². The first kappa shape index (κ1) is 11.3. The summed E-state index contributed by atoms with van der Waals surface area (Å²) in [4.78, 5) is 9.91. The van der Waals surface area contributed by atoms with Crippen molar-refractivity contribution in [2.24, 2.45) is 5.73 Å². The average molecular weight is 224 g/mol. The number of nitrogens with two attached hydrogens (primary N) is 1. The third kappa shape index (κ3) is 2.29. The number of hydrogen-bond donors (Lipinski definition) is 1. The van der Waals surface area contributed by atoms with Crippen LogP contribution in [0.1, 0.15) is 25.7 Å². The molecule has 0 amide bonds. The normalized spacial score (nSPS) is 25.4. The molecule has 1 aromatic rings. The van der Waals surface area contributed by atoms with Crippen LogP contribution in [0.15, 0.2) is 12.4 Å². The fourth-order valence-electron chi connectivity index (χ4n) is 2.26. The van der Waals surface area contributed by atoms with Gasteiger partial charge in [0.15, 0.2) is 5.82 Å². The van der Waals surface area contributed by atoms with Gasteiger partial charge in [0.1, 0.15) is 0 Å². The Morgan fingerprint density at radius 1 is 1.31 bits per heavy atom. The topological polar surface area (TPSA) is 55.0 Å². The van der Waals surface area contributed by atoms with Gasteiger partial charge in [-0.2, -0.15) is 0 Å². The first-order chi connectivity index (χ1) is 7.68. The predicted molar refractivity (Wildman–Crippen MR) is 60.6 cm³/mol. The van der Waals surface area contributed by atoms with E-state index in [0.717, 1.165) is 12.8 Å². The van der Waals surface area contributed by atoms with Crippen LogP contribution in [-0.4, -0.2) is 29.1 Å². The van der Waals surface area contributed by atoms with Gasteiger partial charge in [-0.1, -0.05) is 12.8 Å². The summed E-state index contributed by atoms with van der Waals surface area (Å²) in [5, 5.41) is 0. The minimum absolute atomic E-state index is 0.160. The van der Waals surface area contributed by atoms with Crippen LogP contribution in [0.25, 0.3) is 0 Å². The van der Waals surface area contributed by atoms with E-state index < -0.39 is 5.82 Å². The Morgan fingerprint density at radius 2 is 1.94 bits per heavy atom. The molecule has 0 aliphatic heterocycles. The number of halogens is 1. The van der Waals surface area contributed by atoms with E-state index in [2.05, 4.69) is 9.97 Å². The van der Waals surface area contributed by atoms with Crippen LogP contribution in [0.2, 0.25) is 0 Å². The van der Waals surface area contributed by atoms with Gasteiger partial charge in [0.25, 0.3) is 0 Å². The van der Waals surface area contributed by atoms with E-state index in [1.165, 1.54) is 25.2 Å². The van der Waals surface area contributed by atoms with Gasteiger partial charge in [0.2, 0.25) is 5.95 Å². The molecular formula is C11H17FN4. The summed E-state index contributed by atoms with van der Waals surface area (Å²) in [6, 6.07) is 0.423. The minimum atomic E-state index is -0.412. The maximum absolute atomic E-state index is 12.7. The van der Waals surface area contributed by atoms with Crippen LogP contribution in [0.5, 0.6) is 0 Å². The molecule has 1 aromatic heterocycles. The SMILES string of the molecule is CN(c1ncc(F)cn1)C1CCCCC1N. The molecule has 1 heterocycles. The standard InChI is InChI=1S/C11H17FN4/c1-16(10-5-3-2-4-9(10)13)11-14-6-8(12)7-15-11/h6-7,9-10H,2-5,13H2,1H3. The summed E-state index contributed by atoms with van der Waals surface area (Å²) in [6.45, 7) is 0. The van der Waals surface area contributed by atoms with Crippen molar-refractivity contribution in [1.82, 2.24) is 9.97 Å². The Balaban J connectivity index is 2.11. The molecule has 1 fully saturated rings. The molecule has 1 aliphatic carbocycles. The van der Waals surface area contributed by atoms with E-state index in [0.29, 0.717) is 5.95 Å². The third-order valence-electron chi connectivity index (χ3n) is 3.20. The summed E-state index contributed by atoms with van der Waals surface area (Å²) >= 11 is 0. The average Bonchev–Trinajstić information content (AvgIpc) is 2.30. The molecule has 2 unspecified atom stereocenters. The highest BCUT2D eigenvalue weighted by atomic mass is 19.1. The molecule has 0 spiro atoms. The Bertz CT molecular complexity index is 340. The molecule has 0 radical (unpaired) electrons. The number of aromatic nitrogens is 2. The molecule has 0 aromatic carbocycles. The van der Waals surface area contributed by atoms with Crippen molar-refractivity contribution in [3.05, 3.63) is 18.2 Å². The lowest BCUT2D eigenvalue weighted by Crippen LogP contribution is -2.48. The van der Waals surface area contributed by atoms with E-state index in [1.54, 1.807) is 0 Å². The number of hydrogen-bond acceptors (Lipinski definition) is 4. The van der Waals surface area contributed by atoms with E-state index in [9.17, 15) is 4.39 Å². The second-order valence-electron chi connectivity index (χ2n) is 4.33. The van der Waals surface area contributed by atoms with Gasteiger partial charge >= 0.3 is 0 Å². The molecule has 2 N–H and O–H groups in total. The van der Waals surface area contributed by atoms with Gasteiger partial charge in [0.05, 0.1) is 12.4 Å². The maximum atomic E-state index is 12.7. The van der Waals surface area contributed by atoms with Crippen molar-refractivity contribution in [3.8, 4) is 0 Å². The van der Waals surface area contributed by atoms with Gasteiger partial charge in [-0.25, -0.2) is 14.4 Å². The summed E-state index contributed by atoms with van der Waals surface area (Å²) < 4.78 is 12.7. The van der Waals surface area contributed by atoms with Crippen LogP contribution in [0, 0.1) is 5.82 Å². The quantitative estimate of drug-likeness (QED) is 0.823. The zero-order valence-electron chi connectivity index (χ0n) is 9.43. The fraction of sp³-hybridized carbons (Fsp3) is 0.636. The van der Waals surface area contributed by atoms with Crippen molar-refractivity contribution in [2.75, 3.05) is 11.9 Å². The molecule has 88 valence electrons. The summed E-state index contributed by atoms with van der Waals surface area (Å²) in [5.41, 5.74) is 6.08. The van der Waals surface area contributed by atoms with Gasteiger partial charge in [-0.05, 0) is 12.8 Å². The Morgan fingerprint density at radius 3 is 2.56 bits per heavy atom. The first-order valence-electron chi connectivity index (χ1n) is 5.64. The molecule has 0 saturated heterocycles. The monoisotopic (exact) mass is 224 g/mol. The Kier molecular flexibility index (Phi) is 3.33. The van der Waals surface area contributed by atoms with Crippen molar-refractivity contribution in [2.45, 2.75) is 37.8 Å². The van der Waals surface area contributed by atoms with E-state index in [1.807, 2.05) is 11.9 Å². The maximum Gasteiger partial charge on any atom is 0.225 e. The first-order valence-corrected chi connectivity index (χ1v) is 5.64. The molecule has 2 rings (SSSR count). The molecule has 1 aliphatic rings. The molecule has 1 saturated carbocycles. The molecule has 2 atom stereocenters. The summed E-state index contributed by atoms with van der Waals surface area (Å²) in [6.07, 6.45) is 6.84. The predicted octanol–water partition coefficient (Wildman–Crippen LogP) is 1.32. The Hall–Kier alpha value is -1.23. The van der Waals surface area contributed by atoms with Crippen molar-refractivity contribution in [1.29, 1.82) is 0 Å². The van der Waals surface area contributed by atoms with Gasteiger partial charge in [-0.15, -0.1) is 0 Å². The lowest BCUT2D eigenvalue weighted by Gasteiger charge is -2.35. The second kappa shape index (κ2) is 4.74. The summed E-state index contributed by atoms with van der Waals surface area (Å²) in [7, 11) is 1.92. The van der Waals surface area contributed by atoms with E-state index >= 15 is 0 Å². The zero-order valence-corrected chi connectivity index (χ0v) is 9.43. The minimum Gasteiger partial charge on any atom is -0.339 e. The van der Waals surface area contributed by atoms with Crippen LogP contribution in [0.4, 0.5) is 10.3 Å². The lowest BCUT2D eigenvalue weighted by molar-refractivity contribution is 0.370. The van der Waals surface area contributed by atoms with Crippen molar-refractivity contribution in [3.63, 3.8) is 0 Å². The molecule has 16 heavy (non-hydrogen) atoms. The van der Waals surface area contributed by atoms with Crippen molar-refractivity contribution >= 4 is 5.95 Å². The highest BCUT2D eigenvalue weighted by molar-refractivity contribution is 5.30. The summed E-state index contributed by atoms with van der Waals surface area (Å²) in [5.74, 6) is 0.133. The smallest absolute Gasteiger partial charge is 0.225 e. The van der Waals surface area contributed by atoms with Crippen molar-refractivity contribution < 1.29 is 4.39 Å². The van der Waals surface area contributed by atoms with Crippen LogP contribution >= 0.6 is 0 Å². The lowest BCUT2D eigenvalue weighted by atomic mass is 9.90. The number of nitrogens with zero attached hydrogens (tertiary/aromatic N) is 3. The molecular weight excluding hydrogens is 207 g/mol. The second-order valence-corrected chi connectivity index (χ2v) is 4.33. The largest absolute Gasteiger partial charge is 0.339 e. The fourth-order valence-corrected chi connectivity index (χ4v) is 2.26. The molecule has 0 bridgehead atoms. The van der Waals surface area contributed by atoms with Crippen LogP contribution in [-0.2, 0) is 0 Å². The Labute approximate surface area is 94.7 Å². The molecule has 4 nitrogen and oxygen atoms in total. The van der Waals surface area contributed by atoms with Crippen LogP contribution < -0.4 is 10.6 Å². The third-order valence-corrected chi connectivity index (χ3v) is 3.20. The number of likely N-dealkylation sites (N-methyl/N-ethyl adjacent to an activating group) is 1. The highest BCUT2D eigenvalue weighted by Gasteiger charge is 2.26. The number of anilines is 1. The number of rotatable bonds is 2. The van der Waals surface area contributed by atoms with Gasteiger partial charge in [-0.3, -0.25) is 0 Å².